The van der Waals surface area contributed by atoms with Crippen molar-refractivity contribution in [3.8, 4) is 0 Å². The zero-order chi connectivity index (χ0) is 13.5. The van der Waals surface area contributed by atoms with Gasteiger partial charge < -0.3 is 10.0 Å². The highest BCUT2D eigenvalue weighted by atomic mass is 19.1. The zero-order valence-electron chi connectivity index (χ0n) is 10.9. The molecule has 0 bridgehead atoms. The number of hydrogen-bond donors (Lipinski definition) is 1. The fraction of sp³-hybridized carbons (Fsp3) is 0.500. The van der Waals surface area contributed by atoms with Crippen LogP contribution in [0.4, 0.5) is 4.39 Å². The Kier molecular flexibility index (Phi) is 5.78. The predicted octanol–water partition coefficient (Wildman–Crippen LogP) is 1.99. The Bertz CT molecular complexity index is 395. The van der Waals surface area contributed by atoms with E-state index in [2.05, 4.69) is 0 Å². The van der Waals surface area contributed by atoms with Crippen LogP contribution in [0, 0.1) is 5.82 Å². The Hall–Kier alpha value is -1.42. The summed E-state index contributed by atoms with van der Waals surface area (Å²) in [4.78, 5) is 13.6. The maximum atomic E-state index is 13.4. The summed E-state index contributed by atoms with van der Waals surface area (Å²) in [6.07, 6.45) is 0.652. The van der Waals surface area contributed by atoms with Gasteiger partial charge in [0.15, 0.2) is 0 Å². The van der Waals surface area contributed by atoms with E-state index < -0.39 is 0 Å². The molecule has 0 aromatic heterocycles. The molecular weight excluding hydrogens is 233 g/mol. The van der Waals surface area contributed by atoms with Crippen LogP contribution in [0.25, 0.3) is 0 Å². The summed E-state index contributed by atoms with van der Waals surface area (Å²) in [7, 11) is 0. The van der Waals surface area contributed by atoms with Crippen LogP contribution in [0.15, 0.2) is 24.3 Å². The molecule has 1 aromatic carbocycles. The molecule has 0 aliphatic rings. The van der Waals surface area contributed by atoms with Crippen molar-refractivity contribution in [3.05, 3.63) is 35.6 Å². The van der Waals surface area contributed by atoms with Crippen molar-refractivity contribution in [2.45, 2.75) is 32.7 Å². The summed E-state index contributed by atoms with van der Waals surface area (Å²) in [5, 5.41) is 9.06. The summed E-state index contributed by atoms with van der Waals surface area (Å²) in [6, 6.07) is 6.29. The van der Waals surface area contributed by atoms with Crippen LogP contribution < -0.4 is 0 Å². The second-order valence-electron chi connectivity index (χ2n) is 4.30. The molecule has 0 saturated carbocycles. The van der Waals surface area contributed by atoms with Crippen molar-refractivity contribution in [2.75, 3.05) is 13.2 Å². The Balaban J connectivity index is 2.57. The molecule has 3 nitrogen and oxygen atoms in total. The minimum atomic E-state index is -0.274. The zero-order valence-corrected chi connectivity index (χ0v) is 10.9. The van der Waals surface area contributed by atoms with E-state index in [0.29, 0.717) is 18.5 Å². The van der Waals surface area contributed by atoms with E-state index in [-0.39, 0.29) is 30.8 Å². The first-order valence-corrected chi connectivity index (χ1v) is 6.23. The maximum Gasteiger partial charge on any atom is 0.223 e. The SMILES string of the molecule is CCN(C(=O)CCc1ccccc1F)C(C)CO. The number of amides is 1. The quantitative estimate of drug-likeness (QED) is 0.842. The smallest absolute Gasteiger partial charge is 0.223 e. The largest absolute Gasteiger partial charge is 0.394 e. The molecular formula is C14H20FNO2. The van der Waals surface area contributed by atoms with Gasteiger partial charge in [-0.2, -0.15) is 0 Å². The van der Waals surface area contributed by atoms with Crippen molar-refractivity contribution in [3.63, 3.8) is 0 Å². The van der Waals surface area contributed by atoms with Crippen molar-refractivity contribution in [2.24, 2.45) is 0 Å². The van der Waals surface area contributed by atoms with E-state index in [9.17, 15) is 9.18 Å². The van der Waals surface area contributed by atoms with E-state index >= 15 is 0 Å². The second kappa shape index (κ2) is 7.11. The molecule has 1 unspecified atom stereocenters. The van der Waals surface area contributed by atoms with E-state index in [1.807, 2.05) is 6.92 Å². The molecule has 0 spiro atoms. The van der Waals surface area contributed by atoms with Gasteiger partial charge in [0.2, 0.25) is 5.91 Å². The van der Waals surface area contributed by atoms with Gasteiger partial charge in [-0.05, 0) is 31.9 Å². The maximum absolute atomic E-state index is 13.4. The lowest BCUT2D eigenvalue weighted by Gasteiger charge is -2.26. The number of aliphatic hydroxyl groups excluding tert-OH is 1. The number of carbonyl (C=O) groups excluding carboxylic acids is 1. The highest BCUT2D eigenvalue weighted by molar-refractivity contribution is 5.76. The normalized spacial score (nSPS) is 12.2. The van der Waals surface area contributed by atoms with E-state index in [0.717, 1.165) is 0 Å². The van der Waals surface area contributed by atoms with Gasteiger partial charge in [-0.15, -0.1) is 0 Å². The van der Waals surface area contributed by atoms with Gasteiger partial charge in [-0.25, -0.2) is 4.39 Å². The van der Waals surface area contributed by atoms with Crippen LogP contribution in [0.1, 0.15) is 25.8 Å². The van der Waals surface area contributed by atoms with Crippen molar-refractivity contribution in [1.82, 2.24) is 4.90 Å². The van der Waals surface area contributed by atoms with Crippen molar-refractivity contribution >= 4 is 5.91 Å². The minimum absolute atomic E-state index is 0.0534. The van der Waals surface area contributed by atoms with Crippen LogP contribution in [0.3, 0.4) is 0 Å². The molecule has 100 valence electrons. The minimum Gasteiger partial charge on any atom is -0.394 e. The highest BCUT2D eigenvalue weighted by Gasteiger charge is 2.17. The van der Waals surface area contributed by atoms with E-state index in [1.165, 1.54) is 6.07 Å². The molecule has 0 heterocycles. The lowest BCUT2D eigenvalue weighted by molar-refractivity contribution is -0.133. The second-order valence-corrected chi connectivity index (χ2v) is 4.30. The van der Waals surface area contributed by atoms with Gasteiger partial charge in [0, 0.05) is 13.0 Å². The van der Waals surface area contributed by atoms with Crippen LogP contribution in [-0.4, -0.2) is 35.1 Å². The fourth-order valence-electron chi connectivity index (χ4n) is 1.92. The number of benzene rings is 1. The highest BCUT2D eigenvalue weighted by Crippen LogP contribution is 2.11. The third-order valence-corrected chi connectivity index (χ3v) is 3.02. The molecule has 0 radical (unpaired) electrons. The van der Waals surface area contributed by atoms with Gasteiger partial charge in [-0.1, -0.05) is 18.2 Å². The first-order valence-electron chi connectivity index (χ1n) is 6.23. The third kappa shape index (κ3) is 3.81. The number of halogens is 1. The summed E-state index contributed by atoms with van der Waals surface area (Å²) in [6.45, 7) is 4.16. The summed E-state index contributed by atoms with van der Waals surface area (Å²) < 4.78 is 13.4. The first kappa shape index (κ1) is 14.6. The Morgan fingerprint density at radius 2 is 2.11 bits per heavy atom. The van der Waals surface area contributed by atoms with Crippen LogP contribution in [0.2, 0.25) is 0 Å². The van der Waals surface area contributed by atoms with Gasteiger partial charge >= 0.3 is 0 Å². The molecule has 0 fully saturated rings. The first-order chi connectivity index (χ1) is 8.60. The molecule has 1 aromatic rings. The van der Waals surface area contributed by atoms with E-state index in [1.54, 1.807) is 30.0 Å². The average molecular weight is 253 g/mol. The van der Waals surface area contributed by atoms with Crippen LogP contribution in [-0.2, 0) is 11.2 Å². The Morgan fingerprint density at radius 3 is 2.67 bits per heavy atom. The summed E-state index contributed by atoms with van der Waals surface area (Å²) in [5.74, 6) is -0.328. The molecule has 18 heavy (non-hydrogen) atoms. The van der Waals surface area contributed by atoms with Crippen LogP contribution in [0.5, 0.6) is 0 Å². The molecule has 1 atom stereocenters. The summed E-state index contributed by atoms with van der Waals surface area (Å²) in [5.41, 5.74) is 0.554. The van der Waals surface area contributed by atoms with Gasteiger partial charge in [0.25, 0.3) is 0 Å². The Labute approximate surface area is 107 Å². The van der Waals surface area contributed by atoms with Crippen LogP contribution >= 0.6 is 0 Å². The number of rotatable bonds is 6. The van der Waals surface area contributed by atoms with Gasteiger partial charge in [0.05, 0.1) is 12.6 Å². The number of carbonyl (C=O) groups is 1. The number of aryl methyl sites for hydroxylation is 1. The number of hydrogen-bond acceptors (Lipinski definition) is 2. The number of likely N-dealkylation sites (N-methyl/N-ethyl adjacent to an activating group) is 1. The molecule has 1 amide bonds. The molecule has 1 rings (SSSR count). The predicted molar refractivity (Wildman–Crippen MR) is 68.7 cm³/mol. The lowest BCUT2D eigenvalue weighted by Crippen LogP contribution is -2.40. The standard InChI is InChI=1S/C14H20FNO2/c1-3-16(11(2)10-17)14(18)9-8-12-6-4-5-7-13(12)15/h4-7,11,17H,3,8-10H2,1-2H3. The van der Waals surface area contributed by atoms with E-state index in [4.69, 9.17) is 5.11 Å². The molecule has 0 saturated heterocycles. The van der Waals surface area contributed by atoms with Gasteiger partial charge in [0.1, 0.15) is 5.82 Å². The average Bonchev–Trinajstić information content (AvgIpc) is 2.38. The number of aliphatic hydroxyl groups is 1. The molecule has 4 heteroatoms. The van der Waals surface area contributed by atoms with Crippen molar-refractivity contribution < 1.29 is 14.3 Å². The molecule has 0 aliphatic carbocycles. The molecule has 0 aliphatic heterocycles. The third-order valence-electron chi connectivity index (χ3n) is 3.02. The van der Waals surface area contributed by atoms with Crippen molar-refractivity contribution in [1.29, 1.82) is 0 Å². The summed E-state index contributed by atoms with van der Waals surface area (Å²) >= 11 is 0. The monoisotopic (exact) mass is 253 g/mol. The molecule has 1 N–H and O–H groups in total. The fourth-order valence-corrected chi connectivity index (χ4v) is 1.92. The lowest BCUT2D eigenvalue weighted by atomic mass is 10.1. The van der Waals surface area contributed by atoms with Gasteiger partial charge in [-0.3, -0.25) is 4.79 Å². The topological polar surface area (TPSA) is 40.5 Å². The number of nitrogens with zero attached hydrogens (tertiary/aromatic N) is 1. The Morgan fingerprint density at radius 1 is 1.44 bits per heavy atom.